The van der Waals surface area contributed by atoms with E-state index in [4.69, 9.17) is 14.2 Å². The second-order valence-corrected chi connectivity index (χ2v) is 8.33. The maximum absolute atomic E-state index is 13.2. The number of ether oxygens (including phenoxy) is 3. The van der Waals surface area contributed by atoms with Crippen molar-refractivity contribution in [2.75, 3.05) is 19.8 Å². The van der Waals surface area contributed by atoms with E-state index < -0.39 is 11.4 Å². The van der Waals surface area contributed by atoms with Crippen LogP contribution >= 0.6 is 0 Å². The molecule has 0 radical (unpaired) electrons. The Hall–Kier alpha value is -3.09. The average molecular weight is 425 g/mol. The van der Waals surface area contributed by atoms with Gasteiger partial charge < -0.3 is 19.2 Å². The molecule has 0 amide bonds. The number of fused-ring (bicyclic) bond motifs is 1. The third kappa shape index (κ3) is 3.73. The molecule has 4 rings (SSSR count). The van der Waals surface area contributed by atoms with Gasteiger partial charge in [-0.3, -0.25) is 14.4 Å². The predicted molar refractivity (Wildman–Crippen MR) is 113 cm³/mol. The number of Topliss-reactive ketones (excluding diaryl/α,β-unsaturated/α-hetero) is 2. The van der Waals surface area contributed by atoms with Gasteiger partial charge in [-0.1, -0.05) is 18.9 Å². The van der Waals surface area contributed by atoms with E-state index in [9.17, 15) is 14.4 Å². The van der Waals surface area contributed by atoms with E-state index in [0.717, 1.165) is 18.4 Å². The molecular weight excluding hydrogens is 398 g/mol. The molecule has 1 aliphatic heterocycles. The zero-order valence-electron chi connectivity index (χ0n) is 18.1. The standard InChI is InChI=1S/C24H27NO6/c1-14-21(16(3)26)15(2)25-22(14)18(27)13-31-23(28)24(8-4-5-9-24)17-6-7-19-20(12-17)30-11-10-29-19/h6-7,12,25H,4-5,8-11,13H2,1-3H3. The number of nitrogens with one attached hydrogen (secondary N) is 1. The van der Waals surface area contributed by atoms with Crippen molar-refractivity contribution in [2.24, 2.45) is 0 Å². The van der Waals surface area contributed by atoms with Crippen LogP contribution in [0, 0.1) is 13.8 Å². The average Bonchev–Trinajstić information content (AvgIpc) is 3.37. The molecule has 0 bridgehead atoms. The largest absolute Gasteiger partial charge is 0.486 e. The summed E-state index contributed by atoms with van der Waals surface area (Å²) in [5, 5.41) is 0. The van der Waals surface area contributed by atoms with Crippen LogP contribution in [0.25, 0.3) is 0 Å². The summed E-state index contributed by atoms with van der Waals surface area (Å²) in [4.78, 5) is 40.8. The molecule has 2 aliphatic rings. The quantitative estimate of drug-likeness (QED) is 0.558. The van der Waals surface area contributed by atoms with Crippen LogP contribution in [0.2, 0.25) is 0 Å². The van der Waals surface area contributed by atoms with Crippen LogP contribution in [-0.2, 0) is 14.9 Å². The molecule has 0 atom stereocenters. The maximum atomic E-state index is 13.2. The van der Waals surface area contributed by atoms with Gasteiger partial charge in [0.15, 0.2) is 23.9 Å². The SMILES string of the molecule is CC(=O)c1c(C)[nH]c(C(=O)COC(=O)C2(c3ccc4c(c3)OCCO4)CCCC2)c1C. The third-order valence-electron chi connectivity index (χ3n) is 6.35. The first kappa shape index (κ1) is 21.2. The molecule has 7 nitrogen and oxygen atoms in total. The lowest BCUT2D eigenvalue weighted by Crippen LogP contribution is -2.36. The van der Waals surface area contributed by atoms with E-state index in [2.05, 4.69) is 4.98 Å². The fourth-order valence-corrected chi connectivity index (χ4v) is 4.83. The first-order valence-electron chi connectivity index (χ1n) is 10.6. The summed E-state index contributed by atoms with van der Waals surface area (Å²) in [5.41, 5.74) is 2.10. The van der Waals surface area contributed by atoms with E-state index in [-0.39, 0.29) is 18.2 Å². The number of rotatable bonds is 6. The highest BCUT2D eigenvalue weighted by Gasteiger charge is 2.45. The van der Waals surface area contributed by atoms with Crippen LogP contribution in [0.4, 0.5) is 0 Å². The summed E-state index contributed by atoms with van der Waals surface area (Å²) < 4.78 is 16.8. The first-order valence-corrected chi connectivity index (χ1v) is 10.6. The van der Waals surface area contributed by atoms with Crippen LogP contribution in [0.5, 0.6) is 11.5 Å². The number of H-pyrrole nitrogens is 1. The fourth-order valence-electron chi connectivity index (χ4n) is 4.83. The number of hydrogen-bond donors (Lipinski definition) is 1. The van der Waals surface area contributed by atoms with Crippen molar-refractivity contribution in [2.45, 2.75) is 51.9 Å². The number of aryl methyl sites for hydroxylation is 1. The highest BCUT2D eigenvalue weighted by molar-refractivity contribution is 6.04. The van der Waals surface area contributed by atoms with Gasteiger partial charge in [0.25, 0.3) is 0 Å². The molecule has 0 saturated heterocycles. The minimum Gasteiger partial charge on any atom is -0.486 e. The zero-order valence-corrected chi connectivity index (χ0v) is 18.1. The normalized spacial score (nSPS) is 16.7. The van der Waals surface area contributed by atoms with Crippen LogP contribution in [-0.4, -0.2) is 42.3 Å². The summed E-state index contributed by atoms with van der Waals surface area (Å²) >= 11 is 0. The first-order chi connectivity index (χ1) is 14.8. The second kappa shape index (κ2) is 8.21. The molecule has 2 heterocycles. The van der Waals surface area contributed by atoms with Gasteiger partial charge in [-0.15, -0.1) is 0 Å². The zero-order chi connectivity index (χ0) is 22.2. The Morgan fingerprint density at radius 2 is 1.74 bits per heavy atom. The maximum Gasteiger partial charge on any atom is 0.317 e. The molecule has 0 spiro atoms. The lowest BCUT2D eigenvalue weighted by Gasteiger charge is -2.28. The number of benzene rings is 1. The number of ketones is 2. The Morgan fingerprint density at radius 3 is 2.39 bits per heavy atom. The van der Waals surface area contributed by atoms with Crippen molar-refractivity contribution in [3.8, 4) is 11.5 Å². The molecule has 1 aromatic heterocycles. The summed E-state index contributed by atoms with van der Waals surface area (Å²) in [6, 6.07) is 5.58. The minimum atomic E-state index is -0.790. The number of carbonyl (C=O) groups is 3. The van der Waals surface area contributed by atoms with Gasteiger partial charge in [0.05, 0.1) is 11.1 Å². The molecule has 1 aliphatic carbocycles. The van der Waals surface area contributed by atoms with E-state index in [1.165, 1.54) is 6.92 Å². The Morgan fingerprint density at radius 1 is 1.06 bits per heavy atom. The van der Waals surface area contributed by atoms with Gasteiger partial charge in [-0.2, -0.15) is 0 Å². The van der Waals surface area contributed by atoms with E-state index in [0.29, 0.717) is 60.1 Å². The number of carbonyl (C=O) groups excluding carboxylic acids is 3. The van der Waals surface area contributed by atoms with Crippen LogP contribution in [0.3, 0.4) is 0 Å². The van der Waals surface area contributed by atoms with Crippen LogP contribution in [0.1, 0.15) is 70.3 Å². The molecule has 7 heteroatoms. The lowest BCUT2D eigenvalue weighted by atomic mass is 9.78. The topological polar surface area (TPSA) is 94.7 Å². The monoisotopic (exact) mass is 425 g/mol. The number of aromatic nitrogens is 1. The van der Waals surface area contributed by atoms with Crippen molar-refractivity contribution >= 4 is 17.5 Å². The Labute approximate surface area is 181 Å². The van der Waals surface area contributed by atoms with Crippen molar-refractivity contribution in [1.82, 2.24) is 4.98 Å². The van der Waals surface area contributed by atoms with Crippen molar-refractivity contribution < 1.29 is 28.6 Å². The minimum absolute atomic E-state index is 0.106. The number of esters is 1. The van der Waals surface area contributed by atoms with Crippen LogP contribution in [0.15, 0.2) is 18.2 Å². The molecule has 1 saturated carbocycles. The van der Waals surface area contributed by atoms with Crippen LogP contribution < -0.4 is 9.47 Å². The molecule has 2 aromatic rings. The highest BCUT2D eigenvalue weighted by atomic mass is 16.6. The molecule has 0 unspecified atom stereocenters. The number of hydrogen-bond acceptors (Lipinski definition) is 6. The Balaban J connectivity index is 1.53. The van der Waals surface area contributed by atoms with Gasteiger partial charge in [0.2, 0.25) is 5.78 Å². The van der Waals surface area contributed by atoms with Gasteiger partial charge in [-0.05, 0) is 56.9 Å². The molecule has 1 fully saturated rings. The summed E-state index contributed by atoms with van der Waals surface area (Å²) in [6.45, 7) is 5.55. The van der Waals surface area contributed by atoms with Crippen molar-refractivity contribution in [3.63, 3.8) is 0 Å². The third-order valence-corrected chi connectivity index (χ3v) is 6.35. The smallest absolute Gasteiger partial charge is 0.317 e. The van der Waals surface area contributed by atoms with Gasteiger partial charge in [0.1, 0.15) is 13.2 Å². The van der Waals surface area contributed by atoms with Gasteiger partial charge in [-0.25, -0.2) is 0 Å². The number of aromatic amines is 1. The molecule has 1 aromatic carbocycles. The highest BCUT2D eigenvalue weighted by Crippen LogP contribution is 2.45. The summed E-state index contributed by atoms with van der Waals surface area (Å²) in [6.07, 6.45) is 3.15. The Kier molecular flexibility index (Phi) is 5.60. The molecule has 31 heavy (non-hydrogen) atoms. The molecular formula is C24H27NO6. The fraction of sp³-hybridized carbons (Fsp3) is 0.458. The van der Waals surface area contributed by atoms with E-state index in [1.807, 2.05) is 18.2 Å². The second-order valence-electron chi connectivity index (χ2n) is 8.33. The summed E-state index contributed by atoms with van der Waals surface area (Å²) in [5.74, 6) is 0.448. The molecule has 164 valence electrons. The van der Waals surface area contributed by atoms with Gasteiger partial charge >= 0.3 is 5.97 Å². The lowest BCUT2D eigenvalue weighted by molar-refractivity contribution is -0.149. The van der Waals surface area contributed by atoms with E-state index in [1.54, 1.807) is 13.8 Å². The van der Waals surface area contributed by atoms with Gasteiger partial charge in [0, 0.05) is 11.3 Å². The summed E-state index contributed by atoms with van der Waals surface area (Å²) in [7, 11) is 0. The van der Waals surface area contributed by atoms with Crippen molar-refractivity contribution in [3.05, 3.63) is 46.3 Å². The van der Waals surface area contributed by atoms with E-state index >= 15 is 0 Å². The molecule has 1 N–H and O–H groups in total. The van der Waals surface area contributed by atoms with Crippen molar-refractivity contribution in [1.29, 1.82) is 0 Å². The predicted octanol–water partition coefficient (Wildman–Crippen LogP) is 3.84. The Bertz CT molecular complexity index is 1040.